The second kappa shape index (κ2) is 8.68. The maximum atomic E-state index is 12.8. The number of aryl methyl sites for hydroxylation is 1. The molecule has 4 aromatic rings. The van der Waals surface area contributed by atoms with Crippen LogP contribution in [0.5, 0.6) is 0 Å². The minimum Gasteiger partial charge on any atom is -0.478 e. The Bertz CT molecular complexity index is 1520. The van der Waals surface area contributed by atoms with Gasteiger partial charge in [-0.25, -0.2) is 9.79 Å². The number of aliphatic imine (C=N–C) groups is 1. The van der Waals surface area contributed by atoms with Crippen LogP contribution in [0.15, 0.2) is 87.1 Å². The third-order valence-corrected chi connectivity index (χ3v) is 6.66. The van der Waals surface area contributed by atoms with E-state index in [0.717, 1.165) is 27.6 Å². The molecule has 1 N–H and O–H groups in total. The molecule has 0 radical (unpaired) electrons. The lowest BCUT2D eigenvalue weighted by atomic mass is 10.0. The number of carboxylic acids is 1. The first-order valence-electron chi connectivity index (χ1n) is 10.6. The van der Waals surface area contributed by atoms with E-state index in [9.17, 15) is 9.59 Å². The van der Waals surface area contributed by atoms with E-state index >= 15 is 0 Å². The molecule has 34 heavy (non-hydrogen) atoms. The summed E-state index contributed by atoms with van der Waals surface area (Å²) in [5, 5.41) is 12.0. The molecule has 168 valence electrons. The van der Waals surface area contributed by atoms with Gasteiger partial charge in [0, 0.05) is 18.7 Å². The van der Waals surface area contributed by atoms with E-state index in [1.807, 2.05) is 55.5 Å². The molecule has 1 fully saturated rings. The van der Waals surface area contributed by atoms with E-state index in [-0.39, 0.29) is 11.5 Å². The topological polar surface area (TPSA) is 83.1 Å². The lowest BCUT2D eigenvalue weighted by molar-refractivity contribution is -0.121. The molecule has 1 aromatic heterocycles. The summed E-state index contributed by atoms with van der Waals surface area (Å²) in [7, 11) is 1.71. The fourth-order valence-corrected chi connectivity index (χ4v) is 4.75. The Hall–Kier alpha value is -4.10. The van der Waals surface area contributed by atoms with Crippen LogP contribution >= 0.6 is 11.8 Å². The summed E-state index contributed by atoms with van der Waals surface area (Å²) >= 11 is 1.30. The van der Waals surface area contributed by atoms with Crippen molar-refractivity contribution in [3.05, 3.63) is 94.6 Å². The van der Waals surface area contributed by atoms with Crippen LogP contribution in [0.2, 0.25) is 0 Å². The predicted octanol–water partition coefficient (Wildman–Crippen LogP) is 6.34. The average Bonchev–Trinajstić information content (AvgIpc) is 3.39. The molecular weight excluding hydrogens is 448 g/mol. The standard InChI is InChI=1S/C27H20N2O4S/c1-16-13-19(26(31)32)8-11-22(16)23-12-10-21(33-23)15-24-25(30)29(2)27(34-24)28-20-9-7-17-5-3-4-6-18(17)14-20/h3-15H,1-2H3,(H,31,32)/b24-15-,28-27?. The summed E-state index contributed by atoms with van der Waals surface area (Å²) in [4.78, 5) is 30.7. The Morgan fingerprint density at radius 2 is 1.82 bits per heavy atom. The highest BCUT2D eigenvalue weighted by atomic mass is 32.2. The number of hydrogen-bond acceptors (Lipinski definition) is 5. The van der Waals surface area contributed by atoms with Crippen molar-refractivity contribution in [3.63, 3.8) is 0 Å². The lowest BCUT2D eigenvalue weighted by Gasteiger charge is -2.07. The van der Waals surface area contributed by atoms with E-state index < -0.39 is 5.97 Å². The van der Waals surface area contributed by atoms with Gasteiger partial charge < -0.3 is 9.52 Å². The van der Waals surface area contributed by atoms with Gasteiger partial charge in [0.1, 0.15) is 11.5 Å². The van der Waals surface area contributed by atoms with Crippen LogP contribution < -0.4 is 0 Å². The van der Waals surface area contributed by atoms with Crippen molar-refractivity contribution in [1.29, 1.82) is 0 Å². The van der Waals surface area contributed by atoms with E-state index in [1.54, 1.807) is 37.4 Å². The number of nitrogens with zero attached hydrogens (tertiary/aromatic N) is 2. The number of amides is 1. The molecule has 0 bridgehead atoms. The molecule has 1 aliphatic rings. The highest BCUT2D eigenvalue weighted by Crippen LogP contribution is 2.35. The van der Waals surface area contributed by atoms with Gasteiger partial charge in [0.05, 0.1) is 16.2 Å². The number of carbonyl (C=O) groups excluding carboxylic acids is 1. The average molecular weight is 469 g/mol. The number of amidine groups is 1. The molecule has 0 spiro atoms. The van der Waals surface area contributed by atoms with Crippen LogP contribution in [0.3, 0.4) is 0 Å². The summed E-state index contributed by atoms with van der Waals surface area (Å²) in [5.41, 5.74) is 2.60. The third-order valence-electron chi connectivity index (χ3n) is 5.60. The quantitative estimate of drug-likeness (QED) is 0.353. The van der Waals surface area contributed by atoms with Gasteiger partial charge in [-0.15, -0.1) is 0 Å². The van der Waals surface area contributed by atoms with Gasteiger partial charge in [0.15, 0.2) is 5.17 Å². The fraction of sp³-hybridized carbons (Fsp3) is 0.0741. The number of fused-ring (bicyclic) bond motifs is 1. The maximum Gasteiger partial charge on any atom is 0.335 e. The summed E-state index contributed by atoms with van der Waals surface area (Å²) in [6, 6.07) is 22.5. The Kier molecular flexibility index (Phi) is 5.55. The SMILES string of the molecule is Cc1cc(C(=O)O)ccc1-c1ccc(/C=C2\SC(=Nc3ccc4ccccc4c3)N(C)C2=O)o1. The molecule has 0 aliphatic carbocycles. The van der Waals surface area contributed by atoms with Crippen molar-refractivity contribution < 1.29 is 19.1 Å². The predicted molar refractivity (Wildman–Crippen MR) is 135 cm³/mol. The molecule has 1 saturated heterocycles. The zero-order valence-corrected chi connectivity index (χ0v) is 19.3. The van der Waals surface area contributed by atoms with Crippen molar-refractivity contribution in [3.8, 4) is 11.3 Å². The summed E-state index contributed by atoms with van der Waals surface area (Å²) in [5.74, 6) is 0.0223. The Morgan fingerprint density at radius 3 is 2.59 bits per heavy atom. The van der Waals surface area contributed by atoms with Gasteiger partial charge >= 0.3 is 5.97 Å². The van der Waals surface area contributed by atoms with E-state index in [2.05, 4.69) is 4.99 Å². The molecule has 2 heterocycles. The highest BCUT2D eigenvalue weighted by Gasteiger charge is 2.30. The summed E-state index contributed by atoms with van der Waals surface area (Å²) in [6.45, 7) is 1.84. The summed E-state index contributed by atoms with van der Waals surface area (Å²) in [6.07, 6.45) is 1.71. The zero-order chi connectivity index (χ0) is 23.8. The number of thioether (sulfide) groups is 1. The summed E-state index contributed by atoms with van der Waals surface area (Å²) < 4.78 is 5.95. The number of rotatable bonds is 4. The van der Waals surface area contributed by atoms with E-state index in [4.69, 9.17) is 9.52 Å². The van der Waals surface area contributed by atoms with Crippen LogP contribution in [-0.4, -0.2) is 34.1 Å². The number of benzene rings is 3. The third kappa shape index (κ3) is 4.13. The first-order valence-corrected chi connectivity index (χ1v) is 11.4. The number of likely N-dealkylation sites (N-methyl/N-ethyl adjacent to an activating group) is 1. The van der Waals surface area contributed by atoms with Gasteiger partial charge in [0.2, 0.25) is 0 Å². The molecule has 0 saturated carbocycles. The molecular formula is C27H20N2O4S. The van der Waals surface area contributed by atoms with Crippen molar-refractivity contribution in [2.45, 2.75) is 6.92 Å². The van der Waals surface area contributed by atoms with E-state index in [1.165, 1.54) is 16.7 Å². The normalized spacial score (nSPS) is 16.2. The second-order valence-corrected chi connectivity index (χ2v) is 8.95. The first kappa shape index (κ1) is 21.7. The van der Waals surface area contributed by atoms with Gasteiger partial charge in [-0.1, -0.05) is 36.4 Å². The van der Waals surface area contributed by atoms with Crippen LogP contribution in [-0.2, 0) is 4.79 Å². The van der Waals surface area contributed by atoms with Crippen LogP contribution in [0, 0.1) is 6.92 Å². The van der Waals surface area contributed by atoms with Crippen LogP contribution in [0.1, 0.15) is 21.7 Å². The second-order valence-electron chi connectivity index (χ2n) is 7.94. The molecule has 0 atom stereocenters. The van der Waals surface area contributed by atoms with Crippen molar-refractivity contribution in [2.24, 2.45) is 4.99 Å². The number of aromatic carboxylic acids is 1. The van der Waals surface area contributed by atoms with Gasteiger partial charge in [-0.05, 0) is 71.4 Å². The number of carbonyl (C=O) groups is 2. The smallest absolute Gasteiger partial charge is 0.335 e. The first-order chi connectivity index (χ1) is 16.4. The zero-order valence-electron chi connectivity index (χ0n) is 18.5. The van der Waals surface area contributed by atoms with Crippen molar-refractivity contribution >= 4 is 51.3 Å². The number of hydrogen-bond donors (Lipinski definition) is 1. The van der Waals surface area contributed by atoms with Gasteiger partial charge in [-0.2, -0.15) is 0 Å². The Balaban J connectivity index is 1.40. The Morgan fingerprint density at radius 1 is 1.03 bits per heavy atom. The molecule has 0 unspecified atom stereocenters. The highest BCUT2D eigenvalue weighted by molar-refractivity contribution is 8.18. The molecule has 1 amide bonds. The number of furan rings is 1. The molecule has 3 aromatic carbocycles. The molecule has 5 rings (SSSR count). The van der Waals surface area contributed by atoms with Crippen LogP contribution in [0.25, 0.3) is 28.2 Å². The van der Waals surface area contributed by atoms with Gasteiger partial charge in [-0.3, -0.25) is 9.69 Å². The minimum absolute atomic E-state index is 0.149. The minimum atomic E-state index is -0.971. The molecule has 1 aliphatic heterocycles. The fourth-order valence-electron chi connectivity index (χ4n) is 3.79. The van der Waals surface area contributed by atoms with E-state index in [0.29, 0.717) is 21.6 Å². The largest absolute Gasteiger partial charge is 0.478 e. The maximum absolute atomic E-state index is 12.8. The Labute approximate surface area is 200 Å². The molecule has 7 heteroatoms. The van der Waals surface area contributed by atoms with Crippen molar-refractivity contribution in [1.82, 2.24) is 4.90 Å². The molecule has 6 nitrogen and oxygen atoms in total. The van der Waals surface area contributed by atoms with Crippen LogP contribution in [0.4, 0.5) is 5.69 Å². The lowest BCUT2D eigenvalue weighted by Crippen LogP contribution is -2.23. The number of carboxylic acid groups (broad SMARTS) is 1. The van der Waals surface area contributed by atoms with Gasteiger partial charge in [0.25, 0.3) is 5.91 Å². The monoisotopic (exact) mass is 468 g/mol. The van der Waals surface area contributed by atoms with Crippen molar-refractivity contribution in [2.75, 3.05) is 7.05 Å².